The number of carbonyl (C=O) groups excluding carboxylic acids is 1. The van der Waals surface area contributed by atoms with E-state index in [0.717, 1.165) is 11.6 Å². The lowest BCUT2D eigenvalue weighted by molar-refractivity contribution is -0.139. The molecule has 33 heavy (non-hydrogen) atoms. The van der Waals surface area contributed by atoms with Crippen molar-refractivity contribution in [3.63, 3.8) is 0 Å². The van der Waals surface area contributed by atoms with Gasteiger partial charge in [-0.1, -0.05) is 35.3 Å². The summed E-state index contributed by atoms with van der Waals surface area (Å²) < 4.78 is 45.6. The van der Waals surface area contributed by atoms with Crippen LogP contribution >= 0.6 is 23.2 Å². The highest BCUT2D eigenvalue weighted by atomic mass is 35.5. The fraction of sp³-hybridized carbons (Fsp3) is 0.227. The zero-order valence-electron chi connectivity index (χ0n) is 17.4. The first kappa shape index (κ1) is 23.1. The number of fused-ring (bicyclic) bond motifs is 1. The zero-order chi connectivity index (χ0) is 23.9. The van der Waals surface area contributed by atoms with E-state index in [0.29, 0.717) is 33.9 Å². The SMILES string of the molecule is CCOC(=O)C1=C(C)Nc2c(cnn2-c2ncc(C(F)(F)F)cc2Cl)C1c1ccc(Cl)cc1. The normalized spacial score (nSPS) is 15.8. The molecular formula is C22H17Cl2F3N4O2. The van der Waals surface area contributed by atoms with Crippen LogP contribution in [0.1, 0.15) is 36.5 Å². The van der Waals surface area contributed by atoms with Gasteiger partial charge in [-0.25, -0.2) is 9.78 Å². The van der Waals surface area contributed by atoms with E-state index in [1.807, 2.05) is 0 Å². The van der Waals surface area contributed by atoms with Gasteiger partial charge in [0, 0.05) is 28.4 Å². The molecule has 1 N–H and O–H groups in total. The number of benzene rings is 1. The van der Waals surface area contributed by atoms with Crippen LogP contribution in [-0.4, -0.2) is 27.3 Å². The molecule has 4 rings (SSSR count). The molecule has 1 aromatic carbocycles. The number of nitrogens with one attached hydrogen (secondary N) is 1. The van der Waals surface area contributed by atoms with Crippen molar-refractivity contribution in [1.29, 1.82) is 0 Å². The third kappa shape index (κ3) is 4.30. The van der Waals surface area contributed by atoms with Crippen LogP contribution < -0.4 is 5.32 Å². The largest absolute Gasteiger partial charge is 0.463 e. The lowest BCUT2D eigenvalue weighted by Gasteiger charge is -2.28. The molecule has 0 saturated heterocycles. The van der Waals surface area contributed by atoms with Gasteiger partial charge in [0.1, 0.15) is 5.82 Å². The van der Waals surface area contributed by atoms with Crippen LogP contribution in [0.2, 0.25) is 10.0 Å². The second-order valence-corrected chi connectivity index (χ2v) is 8.10. The molecule has 2 aromatic heterocycles. The fourth-order valence-corrected chi connectivity index (χ4v) is 4.07. The van der Waals surface area contributed by atoms with Crippen molar-refractivity contribution in [2.24, 2.45) is 0 Å². The number of rotatable bonds is 4. The molecule has 1 aliphatic rings. The fourth-order valence-electron chi connectivity index (χ4n) is 3.70. The van der Waals surface area contributed by atoms with Crippen molar-refractivity contribution in [3.8, 4) is 5.82 Å². The quantitative estimate of drug-likeness (QED) is 0.449. The first-order valence-corrected chi connectivity index (χ1v) is 10.6. The van der Waals surface area contributed by atoms with E-state index in [1.54, 1.807) is 38.1 Å². The predicted molar refractivity (Wildman–Crippen MR) is 118 cm³/mol. The van der Waals surface area contributed by atoms with Crippen LogP contribution in [0, 0.1) is 0 Å². The molecular weight excluding hydrogens is 480 g/mol. The van der Waals surface area contributed by atoms with Gasteiger partial charge in [-0.05, 0) is 37.6 Å². The Morgan fingerprint density at radius 2 is 1.91 bits per heavy atom. The molecule has 1 unspecified atom stereocenters. The minimum absolute atomic E-state index is 0.0145. The molecule has 11 heteroatoms. The molecule has 3 aromatic rings. The number of alkyl halides is 3. The Bertz CT molecular complexity index is 1250. The summed E-state index contributed by atoms with van der Waals surface area (Å²) in [6, 6.07) is 7.78. The zero-order valence-corrected chi connectivity index (χ0v) is 18.9. The molecule has 1 atom stereocenters. The lowest BCUT2D eigenvalue weighted by atomic mass is 9.83. The maximum absolute atomic E-state index is 13.0. The molecule has 6 nitrogen and oxygen atoms in total. The first-order chi connectivity index (χ1) is 15.6. The smallest absolute Gasteiger partial charge is 0.417 e. The lowest BCUT2D eigenvalue weighted by Crippen LogP contribution is -2.25. The third-order valence-electron chi connectivity index (χ3n) is 5.16. The van der Waals surface area contributed by atoms with Crippen LogP contribution in [0.15, 0.2) is 54.0 Å². The highest BCUT2D eigenvalue weighted by Crippen LogP contribution is 2.43. The highest BCUT2D eigenvalue weighted by molar-refractivity contribution is 6.32. The van der Waals surface area contributed by atoms with E-state index in [4.69, 9.17) is 27.9 Å². The average molecular weight is 497 g/mol. The number of esters is 1. The van der Waals surface area contributed by atoms with Crippen LogP contribution in [0.25, 0.3) is 5.82 Å². The minimum Gasteiger partial charge on any atom is -0.463 e. The Morgan fingerprint density at radius 3 is 2.52 bits per heavy atom. The summed E-state index contributed by atoms with van der Waals surface area (Å²) in [6.45, 7) is 3.61. The van der Waals surface area contributed by atoms with Gasteiger partial charge in [-0.15, -0.1) is 0 Å². The number of anilines is 1. The Hall–Kier alpha value is -3.04. The van der Waals surface area contributed by atoms with Crippen molar-refractivity contribution in [3.05, 3.63) is 80.7 Å². The van der Waals surface area contributed by atoms with E-state index < -0.39 is 23.6 Å². The van der Waals surface area contributed by atoms with Crippen molar-refractivity contribution < 1.29 is 22.7 Å². The molecule has 0 fully saturated rings. The number of allylic oxidation sites excluding steroid dienone is 1. The van der Waals surface area contributed by atoms with Crippen molar-refractivity contribution >= 4 is 35.0 Å². The Labute approximate surface area is 197 Å². The van der Waals surface area contributed by atoms with Gasteiger partial charge in [0.2, 0.25) is 0 Å². The molecule has 0 amide bonds. The highest BCUT2D eigenvalue weighted by Gasteiger charge is 2.37. The third-order valence-corrected chi connectivity index (χ3v) is 5.69. The standard InChI is InChI=1S/C22H17Cl2F3N4O2/c1-3-33-21(32)17-11(2)30-19-15(18(17)12-4-6-14(23)7-5-12)10-29-31(19)20-16(24)8-13(9-28-20)22(25,26)27/h4-10,18,30H,3H2,1-2H3. The summed E-state index contributed by atoms with van der Waals surface area (Å²) in [4.78, 5) is 16.7. The van der Waals surface area contributed by atoms with Gasteiger partial charge < -0.3 is 10.1 Å². The summed E-state index contributed by atoms with van der Waals surface area (Å²) in [6.07, 6.45) is -2.37. The van der Waals surface area contributed by atoms with E-state index >= 15 is 0 Å². The number of carbonyl (C=O) groups is 1. The average Bonchev–Trinajstić information content (AvgIpc) is 3.16. The molecule has 0 aliphatic carbocycles. The van der Waals surface area contributed by atoms with Gasteiger partial charge in [0.05, 0.1) is 29.0 Å². The number of nitrogens with zero attached hydrogens (tertiary/aromatic N) is 3. The van der Waals surface area contributed by atoms with E-state index in [-0.39, 0.29) is 17.4 Å². The van der Waals surface area contributed by atoms with E-state index in [9.17, 15) is 18.0 Å². The molecule has 0 saturated carbocycles. The number of pyridine rings is 1. The summed E-state index contributed by atoms with van der Waals surface area (Å²) >= 11 is 12.2. The number of aromatic nitrogens is 3. The molecule has 3 heterocycles. The van der Waals surface area contributed by atoms with Gasteiger partial charge in [0.25, 0.3) is 0 Å². The molecule has 0 radical (unpaired) electrons. The van der Waals surface area contributed by atoms with Gasteiger partial charge in [0.15, 0.2) is 5.82 Å². The number of hydrogen-bond acceptors (Lipinski definition) is 5. The second kappa shape index (κ2) is 8.72. The van der Waals surface area contributed by atoms with E-state index in [2.05, 4.69) is 15.4 Å². The molecule has 0 spiro atoms. The number of ether oxygens (including phenoxy) is 1. The summed E-state index contributed by atoms with van der Waals surface area (Å²) in [7, 11) is 0. The Morgan fingerprint density at radius 1 is 1.21 bits per heavy atom. The minimum atomic E-state index is -4.58. The summed E-state index contributed by atoms with van der Waals surface area (Å²) in [5, 5.41) is 7.73. The molecule has 1 aliphatic heterocycles. The maximum atomic E-state index is 13.0. The van der Waals surface area contributed by atoms with Gasteiger partial charge >= 0.3 is 12.1 Å². The molecule has 0 bridgehead atoms. The van der Waals surface area contributed by atoms with Crippen molar-refractivity contribution in [1.82, 2.24) is 14.8 Å². The van der Waals surface area contributed by atoms with E-state index in [1.165, 1.54) is 10.9 Å². The van der Waals surface area contributed by atoms with Gasteiger partial charge in [-0.2, -0.15) is 23.0 Å². The van der Waals surface area contributed by atoms with Gasteiger partial charge in [-0.3, -0.25) is 0 Å². The Balaban J connectivity index is 1.86. The topological polar surface area (TPSA) is 69.0 Å². The first-order valence-electron chi connectivity index (χ1n) is 9.83. The van der Waals surface area contributed by atoms with Crippen molar-refractivity contribution in [2.75, 3.05) is 11.9 Å². The molecule has 172 valence electrons. The van der Waals surface area contributed by atoms with Crippen LogP contribution in [-0.2, 0) is 15.7 Å². The number of hydrogen-bond donors (Lipinski definition) is 1. The summed E-state index contributed by atoms with van der Waals surface area (Å²) in [5.41, 5.74) is 1.28. The number of halogens is 5. The summed E-state index contributed by atoms with van der Waals surface area (Å²) in [5.74, 6) is -0.610. The maximum Gasteiger partial charge on any atom is 0.417 e. The van der Waals surface area contributed by atoms with Crippen LogP contribution in [0.5, 0.6) is 0 Å². The van der Waals surface area contributed by atoms with Crippen LogP contribution in [0.3, 0.4) is 0 Å². The van der Waals surface area contributed by atoms with Crippen molar-refractivity contribution in [2.45, 2.75) is 25.9 Å². The van der Waals surface area contributed by atoms with Crippen LogP contribution in [0.4, 0.5) is 19.0 Å². The predicted octanol–water partition coefficient (Wildman–Crippen LogP) is 5.99. The monoisotopic (exact) mass is 496 g/mol. The second-order valence-electron chi connectivity index (χ2n) is 7.26. The Kier molecular flexibility index (Phi) is 6.11.